The van der Waals surface area contributed by atoms with Crippen LogP contribution in [0.4, 0.5) is 0 Å². The third-order valence-corrected chi connectivity index (χ3v) is 11.5. The van der Waals surface area contributed by atoms with E-state index in [0.29, 0.717) is 22.4 Å². The summed E-state index contributed by atoms with van der Waals surface area (Å²) in [5.74, 6) is 1.10. The fourth-order valence-corrected chi connectivity index (χ4v) is 9.56. The largest absolute Gasteiger partial charge is 0.543 e. The standard InChI is InChI=1S/C25H34O4Si/c1-17(2)30(18(3)4,19(5)6)29-25-15-22(14-23(27)16-25)9-8-21-10-12-24(13-11-21)28-20(7)26/h8-19,27H,1-7H3/b9-8+. The Bertz CT molecular complexity index is 861. The van der Waals surface area contributed by atoms with Crippen molar-refractivity contribution in [2.24, 2.45) is 0 Å². The molecule has 0 spiro atoms. The molecule has 0 saturated carbocycles. The minimum atomic E-state index is -2.10. The smallest absolute Gasteiger partial charge is 0.308 e. The Labute approximate surface area is 181 Å². The lowest BCUT2D eigenvalue weighted by Gasteiger charge is -2.42. The molecule has 0 aliphatic heterocycles. The van der Waals surface area contributed by atoms with Gasteiger partial charge in [0.2, 0.25) is 0 Å². The molecule has 0 fully saturated rings. The molecule has 2 rings (SSSR count). The fraction of sp³-hybridized carbons (Fsp3) is 0.400. The molecule has 4 nitrogen and oxygen atoms in total. The molecule has 0 aliphatic rings. The Kier molecular flexibility index (Phi) is 7.90. The molecule has 0 aromatic heterocycles. The Morgan fingerprint density at radius 2 is 1.37 bits per heavy atom. The van der Waals surface area contributed by atoms with Crippen molar-refractivity contribution in [3.05, 3.63) is 53.6 Å². The van der Waals surface area contributed by atoms with E-state index in [0.717, 1.165) is 16.9 Å². The van der Waals surface area contributed by atoms with Gasteiger partial charge < -0.3 is 14.3 Å². The zero-order valence-corrected chi connectivity index (χ0v) is 20.1. The SMILES string of the molecule is CC(=O)Oc1ccc(/C=C/c2cc(O)cc(O[Si](C(C)C)(C(C)C)C(C)C)c2)cc1. The van der Waals surface area contributed by atoms with Crippen molar-refractivity contribution in [1.29, 1.82) is 0 Å². The number of esters is 1. The van der Waals surface area contributed by atoms with Crippen LogP contribution in [0.3, 0.4) is 0 Å². The lowest BCUT2D eigenvalue weighted by Crippen LogP contribution is -2.50. The number of ether oxygens (including phenoxy) is 1. The minimum Gasteiger partial charge on any atom is -0.543 e. The van der Waals surface area contributed by atoms with Gasteiger partial charge >= 0.3 is 5.97 Å². The number of phenolic OH excluding ortho intramolecular Hbond substituents is 1. The van der Waals surface area contributed by atoms with Crippen LogP contribution < -0.4 is 9.16 Å². The van der Waals surface area contributed by atoms with Crippen LogP contribution in [0.25, 0.3) is 12.2 Å². The molecule has 2 aromatic rings. The van der Waals surface area contributed by atoms with Gasteiger partial charge in [-0.05, 0) is 52.0 Å². The van der Waals surface area contributed by atoms with E-state index >= 15 is 0 Å². The van der Waals surface area contributed by atoms with Crippen molar-refractivity contribution >= 4 is 26.4 Å². The molecule has 0 unspecified atom stereocenters. The molecule has 0 heterocycles. The Balaban J connectivity index is 2.28. The van der Waals surface area contributed by atoms with Gasteiger partial charge in [0.1, 0.15) is 17.2 Å². The third-order valence-electron chi connectivity index (χ3n) is 5.53. The number of phenols is 1. The molecular formula is C25H34O4Si. The average Bonchev–Trinajstić information content (AvgIpc) is 2.64. The van der Waals surface area contributed by atoms with Gasteiger partial charge in [0.25, 0.3) is 8.32 Å². The predicted octanol–water partition coefficient (Wildman–Crippen LogP) is 7.04. The summed E-state index contributed by atoms with van der Waals surface area (Å²) in [6, 6.07) is 12.7. The van der Waals surface area contributed by atoms with Gasteiger partial charge in [-0.15, -0.1) is 0 Å². The second kappa shape index (κ2) is 9.98. The maximum atomic E-state index is 11.0. The molecule has 0 bridgehead atoms. The van der Waals surface area contributed by atoms with Gasteiger partial charge in [0.15, 0.2) is 0 Å². The van der Waals surface area contributed by atoms with Crippen LogP contribution in [-0.2, 0) is 4.79 Å². The van der Waals surface area contributed by atoms with Crippen molar-refractivity contribution in [2.45, 2.75) is 65.1 Å². The molecule has 162 valence electrons. The number of aromatic hydroxyl groups is 1. The van der Waals surface area contributed by atoms with Gasteiger partial charge in [0, 0.05) is 13.0 Å². The van der Waals surface area contributed by atoms with Crippen LogP contribution in [0, 0.1) is 0 Å². The molecule has 0 amide bonds. The summed E-state index contributed by atoms with van der Waals surface area (Å²) in [6.45, 7) is 14.9. The molecule has 5 heteroatoms. The van der Waals surface area contributed by atoms with Crippen molar-refractivity contribution in [3.8, 4) is 17.2 Å². The molecular weight excluding hydrogens is 392 g/mol. The van der Waals surface area contributed by atoms with Crippen molar-refractivity contribution in [3.63, 3.8) is 0 Å². The number of carbonyl (C=O) groups is 1. The molecule has 2 aromatic carbocycles. The van der Waals surface area contributed by atoms with Gasteiger partial charge in [0.05, 0.1) is 0 Å². The van der Waals surface area contributed by atoms with E-state index in [-0.39, 0.29) is 11.7 Å². The first-order valence-electron chi connectivity index (χ1n) is 10.5. The first-order chi connectivity index (χ1) is 14.0. The summed E-state index contributed by atoms with van der Waals surface area (Å²) >= 11 is 0. The second-order valence-electron chi connectivity index (χ2n) is 8.68. The molecule has 0 radical (unpaired) electrons. The molecule has 30 heavy (non-hydrogen) atoms. The maximum absolute atomic E-state index is 11.0. The number of benzene rings is 2. The van der Waals surface area contributed by atoms with Crippen LogP contribution in [0.15, 0.2) is 42.5 Å². The Hall–Kier alpha value is -2.53. The van der Waals surface area contributed by atoms with Crippen LogP contribution in [0.1, 0.15) is 59.6 Å². The fourth-order valence-electron chi connectivity index (χ4n) is 4.32. The zero-order chi connectivity index (χ0) is 22.5. The van der Waals surface area contributed by atoms with E-state index in [1.165, 1.54) is 6.92 Å². The van der Waals surface area contributed by atoms with E-state index in [4.69, 9.17) is 9.16 Å². The van der Waals surface area contributed by atoms with Crippen LogP contribution >= 0.6 is 0 Å². The summed E-state index contributed by atoms with van der Waals surface area (Å²) in [5.41, 5.74) is 3.19. The Morgan fingerprint density at radius 3 is 1.87 bits per heavy atom. The first kappa shape index (κ1) is 23.7. The van der Waals surface area contributed by atoms with Crippen molar-refractivity contribution in [1.82, 2.24) is 0 Å². The lowest BCUT2D eigenvalue weighted by atomic mass is 10.1. The lowest BCUT2D eigenvalue weighted by molar-refractivity contribution is -0.131. The maximum Gasteiger partial charge on any atom is 0.308 e. The number of hydrogen-bond acceptors (Lipinski definition) is 4. The van der Waals surface area contributed by atoms with Gasteiger partial charge in [-0.25, -0.2) is 0 Å². The third kappa shape index (κ3) is 5.76. The summed E-state index contributed by atoms with van der Waals surface area (Å²) in [5, 5.41) is 10.3. The molecule has 1 N–H and O–H groups in total. The first-order valence-corrected chi connectivity index (χ1v) is 12.7. The summed E-state index contributed by atoms with van der Waals surface area (Å²) < 4.78 is 11.8. The predicted molar refractivity (Wildman–Crippen MR) is 126 cm³/mol. The summed E-state index contributed by atoms with van der Waals surface area (Å²) in [4.78, 5) is 11.0. The highest BCUT2D eigenvalue weighted by Gasteiger charge is 2.47. The molecule has 0 atom stereocenters. The number of rotatable bonds is 8. The van der Waals surface area contributed by atoms with E-state index in [1.54, 1.807) is 24.3 Å². The minimum absolute atomic E-state index is 0.191. The molecule has 0 aliphatic carbocycles. The van der Waals surface area contributed by atoms with Crippen LogP contribution in [0.5, 0.6) is 17.2 Å². The topological polar surface area (TPSA) is 55.8 Å². The highest BCUT2D eigenvalue weighted by atomic mass is 28.4. The van der Waals surface area contributed by atoms with E-state index in [9.17, 15) is 9.90 Å². The second-order valence-corrected chi connectivity index (χ2v) is 14.1. The monoisotopic (exact) mass is 426 g/mol. The zero-order valence-electron chi connectivity index (χ0n) is 19.1. The highest BCUT2D eigenvalue weighted by Crippen LogP contribution is 2.43. The summed E-state index contributed by atoms with van der Waals surface area (Å²) in [6.07, 6.45) is 3.89. The number of carbonyl (C=O) groups excluding carboxylic acids is 1. The Morgan fingerprint density at radius 1 is 0.833 bits per heavy atom. The van der Waals surface area contributed by atoms with E-state index in [1.807, 2.05) is 30.4 Å². The average molecular weight is 427 g/mol. The normalized spacial score (nSPS) is 12.2. The van der Waals surface area contributed by atoms with Gasteiger partial charge in [-0.3, -0.25) is 4.79 Å². The number of hydrogen-bond donors (Lipinski definition) is 1. The summed E-state index contributed by atoms with van der Waals surface area (Å²) in [7, 11) is -2.10. The van der Waals surface area contributed by atoms with Gasteiger partial charge in [-0.2, -0.15) is 0 Å². The van der Waals surface area contributed by atoms with Crippen LogP contribution in [0.2, 0.25) is 16.6 Å². The quantitative estimate of drug-likeness (QED) is 0.213. The molecule has 0 saturated heterocycles. The van der Waals surface area contributed by atoms with E-state index in [2.05, 4.69) is 41.5 Å². The van der Waals surface area contributed by atoms with Gasteiger partial charge in [-0.1, -0.05) is 65.8 Å². The van der Waals surface area contributed by atoms with E-state index < -0.39 is 8.32 Å². The highest BCUT2D eigenvalue weighted by molar-refractivity contribution is 6.78. The van der Waals surface area contributed by atoms with Crippen molar-refractivity contribution < 1.29 is 19.1 Å². The van der Waals surface area contributed by atoms with Crippen LogP contribution in [-0.4, -0.2) is 19.4 Å². The van der Waals surface area contributed by atoms with Crippen molar-refractivity contribution in [2.75, 3.05) is 0 Å².